The maximum Gasteiger partial charge on any atom is 0.174 e. The summed E-state index contributed by atoms with van der Waals surface area (Å²) in [4.78, 5) is 16.5. The van der Waals surface area contributed by atoms with Crippen molar-refractivity contribution in [3.8, 4) is 0 Å². The number of hydrogen-bond donors (Lipinski definition) is 1. The van der Waals surface area contributed by atoms with Crippen LogP contribution in [0.5, 0.6) is 0 Å². The third kappa shape index (κ3) is 3.28. The Morgan fingerprint density at radius 1 is 1.50 bits per heavy atom. The summed E-state index contributed by atoms with van der Waals surface area (Å²) in [7, 11) is 0. The molecule has 0 spiro atoms. The molecule has 0 aliphatic rings. The Morgan fingerprint density at radius 3 is 2.83 bits per heavy atom. The smallest absolute Gasteiger partial charge is 0.174 e. The molecule has 1 N–H and O–H groups in total. The topological polar surface area (TPSA) is 32.9 Å². The second kappa shape index (κ2) is 6.08. The van der Waals surface area contributed by atoms with E-state index in [1.165, 1.54) is 4.88 Å². The van der Waals surface area contributed by atoms with Crippen LogP contribution in [-0.2, 0) is 5.75 Å². The van der Waals surface area contributed by atoms with Crippen LogP contribution < -0.4 is 0 Å². The third-order valence-electron chi connectivity index (χ3n) is 2.61. The summed E-state index contributed by atoms with van der Waals surface area (Å²) < 4.78 is 1.14. The molecule has 2 nitrogen and oxygen atoms in total. The fraction of sp³-hybridized carbons (Fsp3) is 0.308. The van der Waals surface area contributed by atoms with Crippen molar-refractivity contribution in [3.63, 3.8) is 0 Å². The number of H-pyrrole nitrogens is 1. The number of rotatable bonds is 5. The van der Waals surface area contributed by atoms with Crippen molar-refractivity contribution in [1.29, 1.82) is 0 Å². The highest BCUT2D eigenvalue weighted by Gasteiger charge is 2.12. The van der Waals surface area contributed by atoms with Crippen molar-refractivity contribution in [3.05, 3.63) is 43.8 Å². The van der Waals surface area contributed by atoms with Crippen molar-refractivity contribution < 1.29 is 4.79 Å². The van der Waals surface area contributed by atoms with Crippen molar-refractivity contribution in [2.24, 2.45) is 0 Å². The zero-order valence-electron chi connectivity index (χ0n) is 10.2. The number of ketones is 1. The van der Waals surface area contributed by atoms with Gasteiger partial charge in [0.25, 0.3) is 0 Å². The number of carbonyl (C=O) groups is 1. The highest BCUT2D eigenvalue weighted by Crippen LogP contribution is 2.27. The van der Waals surface area contributed by atoms with Gasteiger partial charge in [-0.2, -0.15) is 0 Å². The lowest BCUT2D eigenvalue weighted by Crippen LogP contribution is -2.03. The predicted octanol–water partition coefficient (Wildman–Crippen LogP) is 4.57. The van der Waals surface area contributed by atoms with E-state index in [9.17, 15) is 4.79 Å². The Bertz CT molecular complexity index is 559. The van der Waals surface area contributed by atoms with Crippen LogP contribution in [0, 0.1) is 13.8 Å². The van der Waals surface area contributed by atoms with Gasteiger partial charge in [-0.3, -0.25) is 4.79 Å². The van der Waals surface area contributed by atoms with Crippen molar-refractivity contribution >= 4 is 44.8 Å². The Labute approximate surface area is 123 Å². The Hall–Kier alpha value is -0.520. The molecule has 0 fully saturated rings. The molecule has 2 aromatic rings. The molecule has 5 heteroatoms. The summed E-state index contributed by atoms with van der Waals surface area (Å²) in [6.07, 6.45) is 0. The monoisotopic (exact) mass is 343 g/mol. The van der Waals surface area contributed by atoms with Gasteiger partial charge >= 0.3 is 0 Å². The highest BCUT2D eigenvalue weighted by atomic mass is 79.9. The Morgan fingerprint density at radius 2 is 2.28 bits per heavy atom. The van der Waals surface area contributed by atoms with Gasteiger partial charge in [0.15, 0.2) is 5.78 Å². The van der Waals surface area contributed by atoms with Crippen molar-refractivity contribution in [2.75, 3.05) is 5.75 Å². The van der Waals surface area contributed by atoms with Gasteiger partial charge in [0, 0.05) is 32.1 Å². The number of halogens is 1. The van der Waals surface area contributed by atoms with Crippen LogP contribution >= 0.6 is 39.0 Å². The zero-order valence-corrected chi connectivity index (χ0v) is 13.5. The lowest BCUT2D eigenvalue weighted by Gasteiger charge is -2.00. The zero-order chi connectivity index (χ0) is 13.1. The molecule has 2 aromatic heterocycles. The molecule has 0 saturated heterocycles. The maximum absolute atomic E-state index is 12.0. The average Bonchev–Trinajstić information content (AvgIpc) is 2.85. The molecule has 0 bridgehead atoms. The largest absolute Gasteiger partial charge is 0.362 e. The molecular weight excluding hydrogens is 330 g/mol. The molecule has 18 heavy (non-hydrogen) atoms. The van der Waals surface area contributed by atoms with Crippen LogP contribution in [0.25, 0.3) is 0 Å². The number of aromatic amines is 1. The van der Waals surface area contributed by atoms with Gasteiger partial charge in [0.1, 0.15) is 0 Å². The molecular formula is C13H14BrNOS2. The normalized spacial score (nSPS) is 10.8. The minimum Gasteiger partial charge on any atom is -0.362 e. The van der Waals surface area contributed by atoms with Gasteiger partial charge < -0.3 is 4.98 Å². The van der Waals surface area contributed by atoms with E-state index < -0.39 is 0 Å². The van der Waals surface area contributed by atoms with Crippen LogP contribution in [0.15, 0.2) is 22.0 Å². The maximum atomic E-state index is 12.0. The van der Waals surface area contributed by atoms with E-state index in [0.717, 1.165) is 27.2 Å². The van der Waals surface area contributed by atoms with E-state index in [2.05, 4.69) is 26.3 Å². The Kier molecular flexibility index (Phi) is 4.70. The fourth-order valence-electron chi connectivity index (χ4n) is 1.76. The predicted molar refractivity (Wildman–Crippen MR) is 82.8 cm³/mol. The number of nitrogens with one attached hydrogen (secondary N) is 1. The van der Waals surface area contributed by atoms with Gasteiger partial charge in [-0.1, -0.05) is 0 Å². The summed E-state index contributed by atoms with van der Waals surface area (Å²) in [5.74, 6) is 1.61. The Balaban J connectivity index is 1.89. The first-order chi connectivity index (χ1) is 8.58. The van der Waals surface area contributed by atoms with Crippen molar-refractivity contribution in [1.82, 2.24) is 4.98 Å². The van der Waals surface area contributed by atoms with Gasteiger partial charge in [0.2, 0.25) is 0 Å². The van der Waals surface area contributed by atoms with E-state index in [-0.39, 0.29) is 5.78 Å². The lowest BCUT2D eigenvalue weighted by atomic mass is 10.2. The first-order valence-corrected chi connectivity index (χ1v) is 8.39. The van der Waals surface area contributed by atoms with Crippen molar-refractivity contribution in [2.45, 2.75) is 19.6 Å². The van der Waals surface area contributed by atoms with Gasteiger partial charge in [0.05, 0.1) is 5.75 Å². The van der Waals surface area contributed by atoms with E-state index >= 15 is 0 Å². The second-order valence-electron chi connectivity index (χ2n) is 4.10. The van der Waals surface area contributed by atoms with Crippen LogP contribution in [0.4, 0.5) is 0 Å². The lowest BCUT2D eigenvalue weighted by molar-refractivity contribution is 0.102. The van der Waals surface area contributed by atoms with Crippen LogP contribution in [0.2, 0.25) is 0 Å². The minimum absolute atomic E-state index is 0.203. The molecule has 96 valence electrons. The standard InChI is InChI=1S/C13H14BrNOS2/c1-8-5-10(9(2)15-8)12(16)6-17-7-13-11(14)3-4-18-13/h3-5,15H,6-7H2,1-2H3. The van der Waals surface area contributed by atoms with E-state index in [1.54, 1.807) is 23.1 Å². The first-order valence-electron chi connectivity index (χ1n) is 5.57. The van der Waals surface area contributed by atoms with E-state index in [4.69, 9.17) is 0 Å². The number of hydrogen-bond acceptors (Lipinski definition) is 3. The third-order valence-corrected chi connectivity index (χ3v) is 5.68. The quantitative estimate of drug-likeness (QED) is 0.806. The number of thiophene rings is 1. The second-order valence-corrected chi connectivity index (χ2v) is 6.94. The molecule has 0 radical (unpaired) electrons. The summed E-state index contributed by atoms with van der Waals surface area (Å²) in [6, 6.07) is 3.97. The minimum atomic E-state index is 0.203. The van der Waals surface area contributed by atoms with E-state index in [0.29, 0.717) is 5.75 Å². The molecule has 0 aromatic carbocycles. The number of thioether (sulfide) groups is 1. The molecule has 0 saturated carbocycles. The number of Topliss-reactive ketones (excluding diaryl/α,β-unsaturated/α-hetero) is 1. The average molecular weight is 344 g/mol. The van der Waals surface area contributed by atoms with Gasteiger partial charge in [-0.05, 0) is 47.3 Å². The number of aromatic nitrogens is 1. The molecule has 0 aliphatic heterocycles. The first kappa shape index (κ1) is 13.9. The van der Waals surface area contributed by atoms with Crippen LogP contribution in [-0.4, -0.2) is 16.5 Å². The molecule has 0 unspecified atom stereocenters. The van der Waals surface area contributed by atoms with E-state index in [1.807, 2.05) is 26.0 Å². The van der Waals surface area contributed by atoms with Gasteiger partial charge in [-0.15, -0.1) is 23.1 Å². The summed E-state index contributed by atoms with van der Waals surface area (Å²) >= 11 is 6.88. The molecule has 0 atom stereocenters. The molecule has 2 heterocycles. The fourth-order valence-corrected chi connectivity index (χ4v) is 4.52. The summed E-state index contributed by atoms with van der Waals surface area (Å²) in [5.41, 5.74) is 2.84. The SMILES string of the molecule is Cc1cc(C(=O)CSCc2sccc2Br)c(C)[nH]1. The van der Waals surface area contributed by atoms with Crippen LogP contribution in [0.3, 0.4) is 0 Å². The number of carbonyl (C=O) groups excluding carboxylic acids is 1. The van der Waals surface area contributed by atoms with Gasteiger partial charge in [-0.25, -0.2) is 0 Å². The summed E-state index contributed by atoms with van der Waals surface area (Å²) in [5, 5.41) is 2.06. The molecule has 0 aliphatic carbocycles. The summed E-state index contributed by atoms with van der Waals surface area (Å²) in [6.45, 7) is 3.92. The highest BCUT2D eigenvalue weighted by molar-refractivity contribution is 9.10. The molecule has 0 amide bonds. The number of aryl methyl sites for hydroxylation is 2. The molecule has 2 rings (SSSR count). The van der Waals surface area contributed by atoms with Crippen LogP contribution in [0.1, 0.15) is 26.6 Å².